The van der Waals surface area contributed by atoms with Crippen LogP contribution in [-0.2, 0) is 0 Å². The maximum Gasteiger partial charge on any atom is 0.123 e. The number of anilines is 1. The Labute approximate surface area is 121 Å². The molecule has 2 aromatic rings. The van der Waals surface area contributed by atoms with E-state index >= 15 is 0 Å². The van der Waals surface area contributed by atoms with E-state index in [0.29, 0.717) is 12.0 Å². The highest BCUT2D eigenvalue weighted by Crippen LogP contribution is 2.38. The molecule has 19 heavy (non-hydrogen) atoms. The molecule has 1 aliphatic rings. The molecule has 0 aliphatic heterocycles. The van der Waals surface area contributed by atoms with Crippen LogP contribution >= 0.6 is 15.9 Å². The summed E-state index contributed by atoms with van der Waals surface area (Å²) in [6, 6.07) is 15.6. The molecular weight excluding hydrogens is 305 g/mol. The third kappa shape index (κ3) is 2.98. The van der Waals surface area contributed by atoms with Crippen LogP contribution in [0, 0.1) is 5.82 Å². The number of hydrogen-bond acceptors (Lipinski definition) is 1. The van der Waals surface area contributed by atoms with E-state index < -0.39 is 0 Å². The normalized spacial score (nSPS) is 21.8. The molecule has 0 spiro atoms. The van der Waals surface area contributed by atoms with E-state index in [0.717, 1.165) is 28.6 Å². The quantitative estimate of drug-likeness (QED) is 0.844. The van der Waals surface area contributed by atoms with E-state index in [4.69, 9.17) is 0 Å². The van der Waals surface area contributed by atoms with Crippen LogP contribution in [-0.4, -0.2) is 6.04 Å². The number of halogens is 2. The lowest BCUT2D eigenvalue weighted by Gasteiger charge is -2.37. The highest BCUT2D eigenvalue weighted by atomic mass is 79.9. The Morgan fingerprint density at radius 1 is 1.05 bits per heavy atom. The van der Waals surface area contributed by atoms with Gasteiger partial charge in [0.2, 0.25) is 0 Å². The molecule has 3 heteroatoms. The molecule has 1 N–H and O–H groups in total. The van der Waals surface area contributed by atoms with Crippen molar-refractivity contribution in [1.29, 1.82) is 0 Å². The molecule has 1 nitrogen and oxygen atoms in total. The van der Waals surface area contributed by atoms with Gasteiger partial charge >= 0.3 is 0 Å². The van der Waals surface area contributed by atoms with E-state index in [1.807, 2.05) is 18.2 Å². The summed E-state index contributed by atoms with van der Waals surface area (Å²) in [5, 5.41) is 3.51. The molecule has 0 amide bonds. The average Bonchev–Trinajstić information content (AvgIpc) is 2.33. The lowest BCUT2D eigenvalue weighted by molar-refractivity contribution is 0.373. The lowest BCUT2D eigenvalue weighted by Crippen LogP contribution is -2.34. The molecular formula is C16H15BrFN. The van der Waals surface area contributed by atoms with Gasteiger partial charge in [-0.05, 0) is 54.7 Å². The van der Waals surface area contributed by atoms with Crippen molar-refractivity contribution in [1.82, 2.24) is 0 Å². The van der Waals surface area contributed by atoms with Gasteiger partial charge < -0.3 is 5.32 Å². The summed E-state index contributed by atoms with van der Waals surface area (Å²) < 4.78 is 14.2. The SMILES string of the molecule is Fc1cccc(C2CC(Nc3cccc(Br)c3)C2)c1. The van der Waals surface area contributed by atoms with Crippen molar-refractivity contribution in [3.8, 4) is 0 Å². The zero-order valence-corrected chi connectivity index (χ0v) is 12.0. The molecule has 0 heterocycles. The van der Waals surface area contributed by atoms with E-state index in [2.05, 4.69) is 33.4 Å². The maximum atomic E-state index is 13.2. The molecule has 1 saturated carbocycles. The molecule has 2 aromatic carbocycles. The minimum absolute atomic E-state index is 0.138. The van der Waals surface area contributed by atoms with Gasteiger partial charge in [-0.3, -0.25) is 0 Å². The Bertz CT molecular complexity index is 578. The third-order valence-corrected chi connectivity index (χ3v) is 4.15. The highest BCUT2D eigenvalue weighted by Gasteiger charge is 2.30. The minimum atomic E-state index is -0.138. The second-order valence-corrected chi connectivity index (χ2v) is 5.99. The molecule has 0 bridgehead atoms. The lowest BCUT2D eigenvalue weighted by atomic mass is 9.76. The van der Waals surface area contributed by atoms with Crippen molar-refractivity contribution >= 4 is 21.6 Å². The van der Waals surface area contributed by atoms with Crippen molar-refractivity contribution < 1.29 is 4.39 Å². The zero-order valence-electron chi connectivity index (χ0n) is 10.4. The molecule has 1 aliphatic carbocycles. The van der Waals surface area contributed by atoms with Crippen LogP contribution in [0.5, 0.6) is 0 Å². The van der Waals surface area contributed by atoms with Gasteiger partial charge in [0.1, 0.15) is 5.82 Å². The smallest absolute Gasteiger partial charge is 0.123 e. The first-order valence-corrected chi connectivity index (χ1v) is 7.27. The summed E-state index contributed by atoms with van der Waals surface area (Å²) in [4.78, 5) is 0. The molecule has 0 atom stereocenters. The number of rotatable bonds is 3. The van der Waals surface area contributed by atoms with E-state index in [-0.39, 0.29) is 5.82 Å². The number of benzene rings is 2. The standard InChI is InChI=1S/C16H15BrFN/c17-13-4-2-6-15(10-13)19-16-8-12(9-16)11-3-1-5-14(18)7-11/h1-7,10,12,16,19H,8-9H2. The fourth-order valence-corrected chi connectivity index (χ4v) is 2.98. The third-order valence-electron chi connectivity index (χ3n) is 3.65. The predicted molar refractivity (Wildman–Crippen MR) is 79.9 cm³/mol. The van der Waals surface area contributed by atoms with E-state index in [1.54, 1.807) is 12.1 Å². The molecule has 3 rings (SSSR count). The van der Waals surface area contributed by atoms with Gasteiger partial charge in [0.25, 0.3) is 0 Å². The van der Waals surface area contributed by atoms with Gasteiger partial charge in [0, 0.05) is 16.2 Å². The molecule has 0 radical (unpaired) electrons. The van der Waals surface area contributed by atoms with Crippen molar-refractivity contribution in [2.45, 2.75) is 24.8 Å². The Balaban J connectivity index is 1.58. The Morgan fingerprint density at radius 3 is 2.58 bits per heavy atom. The van der Waals surface area contributed by atoms with E-state index in [9.17, 15) is 4.39 Å². The number of nitrogens with one attached hydrogen (secondary N) is 1. The van der Waals surface area contributed by atoms with Gasteiger partial charge in [0.15, 0.2) is 0 Å². The van der Waals surface area contributed by atoms with Crippen LogP contribution in [0.25, 0.3) is 0 Å². The second-order valence-electron chi connectivity index (χ2n) is 5.07. The largest absolute Gasteiger partial charge is 0.382 e. The first kappa shape index (κ1) is 12.7. The molecule has 0 saturated heterocycles. The van der Waals surface area contributed by atoms with Crippen molar-refractivity contribution in [3.05, 3.63) is 64.4 Å². The van der Waals surface area contributed by atoms with Crippen LogP contribution in [0.4, 0.5) is 10.1 Å². The summed E-state index contributed by atoms with van der Waals surface area (Å²) in [7, 11) is 0. The van der Waals surface area contributed by atoms with Crippen molar-refractivity contribution in [2.75, 3.05) is 5.32 Å². The Hall–Kier alpha value is -1.35. The van der Waals surface area contributed by atoms with Crippen LogP contribution < -0.4 is 5.32 Å². The summed E-state index contributed by atoms with van der Waals surface area (Å²) >= 11 is 3.47. The monoisotopic (exact) mass is 319 g/mol. The van der Waals surface area contributed by atoms with Gasteiger partial charge in [-0.1, -0.05) is 34.1 Å². The van der Waals surface area contributed by atoms with Crippen LogP contribution in [0.2, 0.25) is 0 Å². The summed E-state index contributed by atoms with van der Waals surface area (Å²) in [5.41, 5.74) is 2.25. The first-order chi connectivity index (χ1) is 9.20. The molecule has 0 unspecified atom stereocenters. The zero-order chi connectivity index (χ0) is 13.2. The predicted octanol–water partition coefficient (Wildman–Crippen LogP) is 4.95. The van der Waals surface area contributed by atoms with Crippen molar-refractivity contribution in [2.24, 2.45) is 0 Å². The molecule has 98 valence electrons. The highest BCUT2D eigenvalue weighted by molar-refractivity contribution is 9.10. The van der Waals surface area contributed by atoms with Gasteiger partial charge in [-0.2, -0.15) is 0 Å². The summed E-state index contributed by atoms with van der Waals surface area (Å²) in [6.45, 7) is 0. The average molecular weight is 320 g/mol. The second kappa shape index (κ2) is 5.33. The minimum Gasteiger partial charge on any atom is -0.382 e. The van der Waals surface area contributed by atoms with Crippen LogP contribution in [0.1, 0.15) is 24.3 Å². The topological polar surface area (TPSA) is 12.0 Å². The van der Waals surface area contributed by atoms with Crippen molar-refractivity contribution in [3.63, 3.8) is 0 Å². The number of hydrogen-bond donors (Lipinski definition) is 1. The fourth-order valence-electron chi connectivity index (χ4n) is 2.58. The van der Waals surface area contributed by atoms with Gasteiger partial charge in [0.05, 0.1) is 0 Å². The summed E-state index contributed by atoms with van der Waals surface area (Å²) in [5.74, 6) is 0.348. The molecule has 0 aromatic heterocycles. The Morgan fingerprint density at radius 2 is 1.84 bits per heavy atom. The summed E-state index contributed by atoms with van der Waals surface area (Å²) in [6.07, 6.45) is 2.13. The van der Waals surface area contributed by atoms with Gasteiger partial charge in [-0.25, -0.2) is 4.39 Å². The van der Waals surface area contributed by atoms with E-state index in [1.165, 1.54) is 6.07 Å². The first-order valence-electron chi connectivity index (χ1n) is 6.48. The fraction of sp³-hybridized carbons (Fsp3) is 0.250. The van der Waals surface area contributed by atoms with Gasteiger partial charge in [-0.15, -0.1) is 0 Å². The van der Waals surface area contributed by atoms with Crippen LogP contribution in [0.15, 0.2) is 53.0 Å². The Kier molecular flexibility index (Phi) is 3.56. The van der Waals surface area contributed by atoms with Crippen LogP contribution in [0.3, 0.4) is 0 Å². The maximum absolute atomic E-state index is 13.2. The molecule has 1 fully saturated rings.